The molecular weight excluding hydrogens is 386 g/mol. The zero-order valence-corrected chi connectivity index (χ0v) is 16.0. The quantitative estimate of drug-likeness (QED) is 0.584. The van der Waals surface area contributed by atoms with Crippen LogP contribution < -0.4 is 15.0 Å². The van der Waals surface area contributed by atoms with Gasteiger partial charge in [-0.25, -0.2) is 0 Å². The topological polar surface area (TPSA) is 93.9 Å². The largest absolute Gasteiger partial charge is 0.479 e. The van der Waals surface area contributed by atoms with Crippen molar-refractivity contribution in [3.8, 4) is 5.75 Å². The molecule has 0 saturated carbocycles. The van der Waals surface area contributed by atoms with Gasteiger partial charge in [-0.3, -0.25) is 14.9 Å². The van der Waals surface area contributed by atoms with Crippen LogP contribution in [0.2, 0.25) is 5.02 Å². The molecule has 1 aliphatic heterocycles. The molecule has 1 N–H and O–H groups in total. The number of amides is 1. The Hall–Kier alpha value is -2.84. The number of nitro groups is 1. The lowest BCUT2D eigenvalue weighted by Crippen LogP contribution is -2.36. The van der Waals surface area contributed by atoms with Gasteiger partial charge in [0.25, 0.3) is 11.6 Å². The lowest BCUT2D eigenvalue weighted by Gasteiger charge is -2.29. The summed E-state index contributed by atoms with van der Waals surface area (Å²) in [4.78, 5) is 24.8. The van der Waals surface area contributed by atoms with E-state index in [0.29, 0.717) is 18.9 Å². The Labute approximate surface area is 167 Å². The summed E-state index contributed by atoms with van der Waals surface area (Å²) >= 11 is 6.00. The molecule has 0 bridgehead atoms. The van der Waals surface area contributed by atoms with Crippen molar-refractivity contribution in [1.82, 2.24) is 0 Å². The monoisotopic (exact) mass is 405 g/mol. The maximum Gasteiger partial charge on any atom is 0.271 e. The number of benzene rings is 2. The number of hydrogen-bond donors (Lipinski definition) is 1. The normalized spacial score (nSPS) is 15.0. The smallest absolute Gasteiger partial charge is 0.271 e. The molecule has 1 atom stereocenters. The van der Waals surface area contributed by atoms with Crippen molar-refractivity contribution >= 4 is 34.6 Å². The molecule has 1 aliphatic rings. The van der Waals surface area contributed by atoms with Crippen LogP contribution in [-0.2, 0) is 9.53 Å². The summed E-state index contributed by atoms with van der Waals surface area (Å²) in [5, 5.41) is 13.6. The Morgan fingerprint density at radius 3 is 2.54 bits per heavy atom. The predicted molar refractivity (Wildman–Crippen MR) is 106 cm³/mol. The van der Waals surface area contributed by atoms with Crippen LogP contribution in [0.5, 0.6) is 5.75 Å². The number of halogens is 1. The predicted octanol–water partition coefficient (Wildman–Crippen LogP) is 3.49. The van der Waals surface area contributed by atoms with Crippen LogP contribution in [0.15, 0.2) is 42.5 Å². The van der Waals surface area contributed by atoms with Gasteiger partial charge in [0.1, 0.15) is 5.75 Å². The number of carbonyl (C=O) groups is 1. The van der Waals surface area contributed by atoms with Crippen molar-refractivity contribution in [3.63, 3.8) is 0 Å². The number of carbonyl (C=O) groups excluding carboxylic acids is 1. The first-order valence-electron chi connectivity index (χ1n) is 8.78. The number of anilines is 2. The SMILES string of the molecule is C[C@@H](Oc1ccc([N+](=O)[O-])cc1Cl)C(=O)Nc1ccc(N2CCOCC2)cc1. The Bertz CT molecular complexity index is 853. The van der Waals surface area contributed by atoms with Crippen molar-refractivity contribution in [2.24, 2.45) is 0 Å². The number of ether oxygens (including phenoxy) is 2. The molecule has 9 heteroatoms. The number of nitrogens with zero attached hydrogens (tertiary/aromatic N) is 2. The van der Waals surface area contributed by atoms with Crippen LogP contribution >= 0.6 is 11.6 Å². The lowest BCUT2D eigenvalue weighted by atomic mass is 10.2. The molecule has 2 aromatic carbocycles. The van der Waals surface area contributed by atoms with E-state index in [1.165, 1.54) is 18.2 Å². The highest BCUT2D eigenvalue weighted by Gasteiger charge is 2.18. The third-order valence-electron chi connectivity index (χ3n) is 4.31. The molecule has 2 aromatic rings. The van der Waals surface area contributed by atoms with E-state index < -0.39 is 11.0 Å². The van der Waals surface area contributed by atoms with Gasteiger partial charge < -0.3 is 19.7 Å². The van der Waals surface area contributed by atoms with Gasteiger partial charge in [0.15, 0.2) is 6.10 Å². The third-order valence-corrected chi connectivity index (χ3v) is 4.61. The van der Waals surface area contributed by atoms with Gasteiger partial charge in [-0.05, 0) is 37.3 Å². The zero-order valence-electron chi connectivity index (χ0n) is 15.3. The molecule has 1 fully saturated rings. The highest BCUT2D eigenvalue weighted by Crippen LogP contribution is 2.29. The molecule has 8 nitrogen and oxygen atoms in total. The van der Waals surface area contributed by atoms with Crippen LogP contribution in [0.1, 0.15) is 6.92 Å². The summed E-state index contributed by atoms with van der Waals surface area (Å²) in [5.41, 5.74) is 1.57. The van der Waals surface area contributed by atoms with E-state index in [1.54, 1.807) is 6.92 Å². The molecule has 0 unspecified atom stereocenters. The Balaban J connectivity index is 1.58. The summed E-state index contributed by atoms with van der Waals surface area (Å²) in [6.45, 7) is 4.67. The van der Waals surface area contributed by atoms with Crippen molar-refractivity contribution in [2.45, 2.75) is 13.0 Å². The number of morpholine rings is 1. The van der Waals surface area contributed by atoms with Gasteiger partial charge in [0.2, 0.25) is 0 Å². The summed E-state index contributed by atoms with van der Waals surface area (Å²) in [5.74, 6) is -0.147. The second-order valence-corrected chi connectivity index (χ2v) is 6.67. The molecule has 1 saturated heterocycles. The molecule has 0 aromatic heterocycles. The van der Waals surface area contributed by atoms with Gasteiger partial charge in [0, 0.05) is 36.6 Å². The molecule has 28 heavy (non-hydrogen) atoms. The van der Waals surface area contributed by atoms with Crippen LogP contribution in [-0.4, -0.2) is 43.2 Å². The van der Waals surface area contributed by atoms with Gasteiger partial charge in [0.05, 0.1) is 23.2 Å². The second kappa shape index (κ2) is 8.90. The van der Waals surface area contributed by atoms with E-state index >= 15 is 0 Å². The molecule has 0 radical (unpaired) electrons. The summed E-state index contributed by atoms with van der Waals surface area (Å²) in [6, 6.07) is 11.4. The van der Waals surface area contributed by atoms with Gasteiger partial charge >= 0.3 is 0 Å². The molecule has 148 valence electrons. The van der Waals surface area contributed by atoms with Crippen molar-refractivity contribution in [2.75, 3.05) is 36.5 Å². The maximum atomic E-state index is 12.4. The fourth-order valence-corrected chi connectivity index (χ4v) is 2.98. The van der Waals surface area contributed by atoms with Crippen molar-refractivity contribution < 1.29 is 19.2 Å². The van der Waals surface area contributed by atoms with Crippen molar-refractivity contribution in [1.29, 1.82) is 0 Å². The highest BCUT2D eigenvalue weighted by atomic mass is 35.5. The zero-order chi connectivity index (χ0) is 20.1. The molecule has 0 aliphatic carbocycles. The first-order valence-corrected chi connectivity index (χ1v) is 9.16. The fourth-order valence-electron chi connectivity index (χ4n) is 2.76. The first kappa shape index (κ1) is 19.9. The van der Waals surface area contributed by atoms with Crippen LogP contribution in [0.25, 0.3) is 0 Å². The van der Waals surface area contributed by atoms with Crippen LogP contribution in [0.3, 0.4) is 0 Å². The minimum Gasteiger partial charge on any atom is -0.479 e. The Morgan fingerprint density at radius 2 is 1.93 bits per heavy atom. The maximum absolute atomic E-state index is 12.4. The van der Waals surface area contributed by atoms with Crippen LogP contribution in [0, 0.1) is 10.1 Å². The minimum atomic E-state index is -0.835. The molecular formula is C19H20ClN3O5. The number of nitrogens with one attached hydrogen (secondary N) is 1. The first-order chi connectivity index (χ1) is 13.4. The molecule has 1 amide bonds. The Kier molecular flexibility index (Phi) is 6.33. The second-order valence-electron chi connectivity index (χ2n) is 6.27. The van der Waals surface area contributed by atoms with E-state index in [2.05, 4.69) is 10.2 Å². The van der Waals surface area contributed by atoms with Gasteiger partial charge in [-0.2, -0.15) is 0 Å². The number of hydrogen-bond acceptors (Lipinski definition) is 6. The third kappa shape index (κ3) is 4.90. The summed E-state index contributed by atoms with van der Waals surface area (Å²) in [6.07, 6.45) is -0.835. The van der Waals surface area contributed by atoms with E-state index in [4.69, 9.17) is 21.1 Å². The number of non-ortho nitro benzene ring substituents is 1. The summed E-state index contributed by atoms with van der Waals surface area (Å²) in [7, 11) is 0. The number of rotatable bonds is 6. The molecule has 1 heterocycles. The van der Waals surface area contributed by atoms with Crippen LogP contribution in [0.4, 0.5) is 17.1 Å². The average molecular weight is 406 g/mol. The van der Waals surface area contributed by atoms with Crippen molar-refractivity contribution in [3.05, 3.63) is 57.6 Å². The number of nitro benzene ring substituents is 1. The molecule has 3 rings (SSSR count). The summed E-state index contributed by atoms with van der Waals surface area (Å²) < 4.78 is 10.9. The highest BCUT2D eigenvalue weighted by molar-refractivity contribution is 6.32. The van der Waals surface area contributed by atoms with E-state index in [1.807, 2.05) is 24.3 Å². The minimum absolute atomic E-state index is 0.0729. The Morgan fingerprint density at radius 1 is 1.25 bits per heavy atom. The average Bonchev–Trinajstić information content (AvgIpc) is 2.70. The van der Waals surface area contributed by atoms with Gasteiger partial charge in [-0.15, -0.1) is 0 Å². The van der Waals surface area contributed by atoms with E-state index in [-0.39, 0.29) is 22.4 Å². The van der Waals surface area contributed by atoms with E-state index in [0.717, 1.165) is 18.8 Å². The molecule has 0 spiro atoms. The lowest BCUT2D eigenvalue weighted by molar-refractivity contribution is -0.384. The standard InChI is InChI=1S/C19H20ClN3O5/c1-13(28-18-7-6-16(23(25)26)12-17(18)20)19(24)21-14-2-4-15(5-3-14)22-8-10-27-11-9-22/h2-7,12-13H,8-11H2,1H3,(H,21,24)/t13-/m1/s1. The van der Waals surface area contributed by atoms with Gasteiger partial charge in [-0.1, -0.05) is 11.6 Å². The fraction of sp³-hybridized carbons (Fsp3) is 0.316. The van der Waals surface area contributed by atoms with E-state index in [9.17, 15) is 14.9 Å².